The molecular formula is C16H19N5O3. The highest BCUT2D eigenvalue weighted by Gasteiger charge is 2.35. The molecule has 24 heavy (non-hydrogen) atoms. The number of rotatable bonds is 5. The summed E-state index contributed by atoms with van der Waals surface area (Å²) in [6.45, 7) is 5.37. The summed E-state index contributed by atoms with van der Waals surface area (Å²) in [7, 11) is 0. The van der Waals surface area contributed by atoms with Crippen LogP contribution in [-0.4, -0.2) is 31.5 Å². The van der Waals surface area contributed by atoms with Gasteiger partial charge in [-0.05, 0) is 19.8 Å². The van der Waals surface area contributed by atoms with Crippen molar-refractivity contribution in [2.75, 3.05) is 6.61 Å². The predicted octanol–water partition coefficient (Wildman–Crippen LogP) is 2.57. The first-order chi connectivity index (χ1) is 11.8. The van der Waals surface area contributed by atoms with Gasteiger partial charge in [-0.2, -0.15) is 4.98 Å². The minimum absolute atomic E-state index is 0.195. The highest BCUT2D eigenvalue weighted by Crippen LogP contribution is 2.36. The van der Waals surface area contributed by atoms with Crippen molar-refractivity contribution in [1.82, 2.24) is 24.8 Å². The van der Waals surface area contributed by atoms with Gasteiger partial charge in [0.2, 0.25) is 5.82 Å². The largest absolute Gasteiger partial charge is 0.368 e. The van der Waals surface area contributed by atoms with Gasteiger partial charge in [-0.1, -0.05) is 17.2 Å². The first-order valence-corrected chi connectivity index (χ1v) is 8.12. The molecule has 1 saturated heterocycles. The second-order valence-electron chi connectivity index (χ2n) is 5.97. The lowest BCUT2D eigenvalue weighted by atomic mass is 10.0. The molecule has 2 atom stereocenters. The Hall–Kier alpha value is -2.48. The fraction of sp³-hybridized carbons (Fsp3) is 0.500. The van der Waals surface area contributed by atoms with Crippen LogP contribution in [0.25, 0.3) is 11.4 Å². The van der Waals surface area contributed by atoms with E-state index >= 15 is 0 Å². The van der Waals surface area contributed by atoms with Crippen molar-refractivity contribution < 1.29 is 13.8 Å². The summed E-state index contributed by atoms with van der Waals surface area (Å²) in [5, 5.41) is 8.16. The molecule has 4 heterocycles. The van der Waals surface area contributed by atoms with Gasteiger partial charge in [0.15, 0.2) is 0 Å². The Morgan fingerprint density at radius 3 is 3.00 bits per heavy atom. The lowest BCUT2D eigenvalue weighted by Gasteiger charge is -2.15. The molecule has 126 valence electrons. The third kappa shape index (κ3) is 2.62. The van der Waals surface area contributed by atoms with Crippen molar-refractivity contribution in [2.45, 2.75) is 39.3 Å². The molecule has 0 aromatic carbocycles. The van der Waals surface area contributed by atoms with Gasteiger partial charge in [0.05, 0.1) is 17.6 Å². The van der Waals surface area contributed by atoms with E-state index in [9.17, 15) is 0 Å². The monoisotopic (exact) mass is 329 g/mol. The van der Waals surface area contributed by atoms with Crippen LogP contribution in [0, 0.1) is 12.8 Å². The van der Waals surface area contributed by atoms with Crippen molar-refractivity contribution in [3.05, 3.63) is 36.1 Å². The molecule has 0 N–H and O–H groups in total. The summed E-state index contributed by atoms with van der Waals surface area (Å²) in [5.41, 5.74) is 1.65. The highest BCUT2D eigenvalue weighted by molar-refractivity contribution is 5.59. The van der Waals surface area contributed by atoms with E-state index in [-0.39, 0.29) is 12.0 Å². The van der Waals surface area contributed by atoms with Crippen LogP contribution in [0.3, 0.4) is 0 Å². The van der Waals surface area contributed by atoms with Crippen molar-refractivity contribution >= 4 is 0 Å². The number of aryl methyl sites for hydroxylation is 2. The van der Waals surface area contributed by atoms with Crippen LogP contribution in [0.1, 0.15) is 36.8 Å². The number of ether oxygens (including phenoxy) is 1. The number of nitrogens with zero attached hydrogens (tertiary/aromatic N) is 5. The van der Waals surface area contributed by atoms with Gasteiger partial charge in [-0.25, -0.2) is 4.98 Å². The number of aromatic nitrogens is 5. The number of imidazole rings is 1. The van der Waals surface area contributed by atoms with Crippen LogP contribution in [0.15, 0.2) is 27.8 Å². The minimum Gasteiger partial charge on any atom is -0.368 e. The van der Waals surface area contributed by atoms with E-state index in [4.69, 9.17) is 13.8 Å². The van der Waals surface area contributed by atoms with Gasteiger partial charge in [-0.3, -0.25) is 0 Å². The van der Waals surface area contributed by atoms with Crippen molar-refractivity contribution in [3.63, 3.8) is 0 Å². The maximum atomic E-state index is 5.85. The Labute approximate surface area is 138 Å². The van der Waals surface area contributed by atoms with Crippen molar-refractivity contribution in [2.24, 2.45) is 5.92 Å². The molecule has 0 aliphatic carbocycles. The fourth-order valence-electron chi connectivity index (χ4n) is 3.16. The highest BCUT2D eigenvalue weighted by atomic mass is 16.5. The molecule has 1 aliphatic heterocycles. The normalized spacial score (nSPS) is 20.8. The SMILES string of the molecule is CCc1noc(C)c1-c1noc([C@H]2OCC[C@H]2Cn2ccnc2)n1. The number of hydrogen-bond donors (Lipinski definition) is 0. The minimum atomic E-state index is -0.195. The quantitative estimate of drug-likeness (QED) is 0.710. The Kier molecular flexibility index (Phi) is 3.89. The molecule has 0 radical (unpaired) electrons. The molecule has 0 spiro atoms. The van der Waals surface area contributed by atoms with E-state index in [0.29, 0.717) is 24.1 Å². The Morgan fingerprint density at radius 2 is 2.21 bits per heavy atom. The molecule has 8 heteroatoms. The molecule has 0 bridgehead atoms. The molecule has 4 rings (SSSR count). The molecule has 3 aromatic heterocycles. The van der Waals surface area contributed by atoms with Gasteiger partial charge < -0.3 is 18.4 Å². The Morgan fingerprint density at radius 1 is 1.29 bits per heavy atom. The molecule has 3 aromatic rings. The van der Waals surface area contributed by atoms with Crippen LogP contribution in [0.4, 0.5) is 0 Å². The van der Waals surface area contributed by atoms with Gasteiger partial charge in [0.1, 0.15) is 11.9 Å². The molecule has 0 amide bonds. The topological polar surface area (TPSA) is 92.0 Å². The van der Waals surface area contributed by atoms with E-state index in [0.717, 1.165) is 30.6 Å². The summed E-state index contributed by atoms with van der Waals surface area (Å²) in [5.74, 6) is 2.00. The average molecular weight is 329 g/mol. The molecule has 0 saturated carbocycles. The standard InChI is InChI=1S/C16H19N5O3/c1-3-12-13(10(2)23-19-12)15-18-16(24-20-15)14-11(4-7-22-14)8-21-6-5-17-9-21/h5-6,9,11,14H,3-4,7-8H2,1-2H3/t11-,14-/m0/s1. The van der Waals surface area contributed by atoms with Gasteiger partial charge in [0, 0.05) is 31.5 Å². The van der Waals surface area contributed by atoms with Crippen molar-refractivity contribution in [3.8, 4) is 11.4 Å². The van der Waals surface area contributed by atoms with E-state index in [1.165, 1.54) is 0 Å². The predicted molar refractivity (Wildman–Crippen MR) is 82.9 cm³/mol. The third-order valence-corrected chi connectivity index (χ3v) is 4.40. The third-order valence-electron chi connectivity index (χ3n) is 4.40. The summed E-state index contributed by atoms with van der Waals surface area (Å²) >= 11 is 0. The summed E-state index contributed by atoms with van der Waals surface area (Å²) in [6.07, 6.45) is 7.04. The second-order valence-corrected chi connectivity index (χ2v) is 5.97. The van der Waals surface area contributed by atoms with Crippen molar-refractivity contribution in [1.29, 1.82) is 0 Å². The van der Waals surface area contributed by atoms with E-state index in [2.05, 4.69) is 20.3 Å². The zero-order valence-electron chi connectivity index (χ0n) is 13.7. The van der Waals surface area contributed by atoms with Gasteiger partial charge >= 0.3 is 0 Å². The molecule has 8 nitrogen and oxygen atoms in total. The zero-order chi connectivity index (χ0) is 16.5. The van der Waals surface area contributed by atoms with Gasteiger partial charge in [-0.15, -0.1) is 0 Å². The van der Waals surface area contributed by atoms with E-state index < -0.39 is 0 Å². The van der Waals surface area contributed by atoms with Crippen LogP contribution in [-0.2, 0) is 17.7 Å². The first-order valence-electron chi connectivity index (χ1n) is 8.12. The lowest BCUT2D eigenvalue weighted by Crippen LogP contribution is -2.14. The maximum Gasteiger partial charge on any atom is 0.256 e. The van der Waals surface area contributed by atoms with Crippen LogP contribution in [0.5, 0.6) is 0 Å². The molecule has 0 unspecified atom stereocenters. The zero-order valence-corrected chi connectivity index (χ0v) is 13.7. The van der Waals surface area contributed by atoms with Gasteiger partial charge in [0.25, 0.3) is 5.89 Å². The van der Waals surface area contributed by atoms with Crippen LogP contribution >= 0.6 is 0 Å². The summed E-state index contributed by atoms with van der Waals surface area (Å²) in [4.78, 5) is 8.64. The molecule has 1 aliphatic rings. The molecule has 1 fully saturated rings. The fourth-order valence-corrected chi connectivity index (χ4v) is 3.16. The van der Waals surface area contributed by atoms with E-state index in [1.54, 1.807) is 6.20 Å². The Bertz CT molecular complexity index is 808. The van der Waals surface area contributed by atoms with E-state index in [1.807, 2.05) is 30.9 Å². The molecular weight excluding hydrogens is 310 g/mol. The average Bonchev–Trinajstić information content (AvgIpc) is 3.33. The summed E-state index contributed by atoms with van der Waals surface area (Å²) in [6, 6.07) is 0. The van der Waals surface area contributed by atoms with Crippen LogP contribution in [0.2, 0.25) is 0 Å². The first kappa shape index (κ1) is 15.1. The van der Waals surface area contributed by atoms with Crippen LogP contribution < -0.4 is 0 Å². The number of hydrogen-bond acceptors (Lipinski definition) is 7. The maximum absolute atomic E-state index is 5.85. The smallest absolute Gasteiger partial charge is 0.256 e. The second kappa shape index (κ2) is 6.20. The lowest BCUT2D eigenvalue weighted by molar-refractivity contribution is 0.0587. The summed E-state index contributed by atoms with van der Waals surface area (Å²) < 4.78 is 18.6. The Balaban J connectivity index is 1.58.